The normalized spacial score (nSPS) is 11.6. The Morgan fingerprint density at radius 2 is 1.64 bits per heavy atom. The van der Waals surface area contributed by atoms with Crippen LogP contribution < -0.4 is 19.5 Å². The number of rotatable bonds is 11. The fraction of sp³-hybridized carbons (Fsp3) is 0.435. The van der Waals surface area contributed by atoms with Gasteiger partial charge in [-0.3, -0.25) is 4.79 Å². The number of carbonyl (C=O) groups excluding carboxylic acids is 1. The van der Waals surface area contributed by atoms with Gasteiger partial charge in [-0.25, -0.2) is 0 Å². The maximum atomic E-state index is 12.2. The summed E-state index contributed by atoms with van der Waals surface area (Å²) in [5.74, 6) is 2.28. The molecule has 2 aromatic rings. The van der Waals surface area contributed by atoms with Crippen LogP contribution in [0.25, 0.3) is 0 Å². The van der Waals surface area contributed by atoms with Crippen LogP contribution in [-0.4, -0.2) is 31.8 Å². The monoisotopic (exact) mass is 385 g/mol. The van der Waals surface area contributed by atoms with Gasteiger partial charge in [0.05, 0.1) is 19.3 Å². The summed E-state index contributed by atoms with van der Waals surface area (Å²) in [6.45, 7) is 9.46. The van der Waals surface area contributed by atoms with Crippen LogP contribution in [0.5, 0.6) is 17.2 Å². The molecular formula is C23H31NO4. The average molecular weight is 386 g/mol. The van der Waals surface area contributed by atoms with Gasteiger partial charge in [0, 0.05) is 6.42 Å². The van der Waals surface area contributed by atoms with Crippen molar-refractivity contribution in [3.8, 4) is 17.2 Å². The van der Waals surface area contributed by atoms with Crippen LogP contribution in [-0.2, 0) is 11.2 Å². The Labute approximate surface area is 168 Å². The van der Waals surface area contributed by atoms with Crippen LogP contribution in [0.4, 0.5) is 0 Å². The van der Waals surface area contributed by atoms with Crippen molar-refractivity contribution in [3.63, 3.8) is 0 Å². The van der Waals surface area contributed by atoms with Gasteiger partial charge in [-0.2, -0.15) is 0 Å². The molecule has 1 atom stereocenters. The van der Waals surface area contributed by atoms with Gasteiger partial charge in [-0.05, 0) is 63.9 Å². The number of nitrogens with one attached hydrogen (secondary N) is 1. The van der Waals surface area contributed by atoms with Crippen molar-refractivity contribution in [2.75, 3.05) is 19.8 Å². The third kappa shape index (κ3) is 7.14. The van der Waals surface area contributed by atoms with Crippen LogP contribution in [0, 0.1) is 6.92 Å². The summed E-state index contributed by atoms with van der Waals surface area (Å²) in [5.41, 5.74) is 2.24. The minimum absolute atomic E-state index is 0.00634. The molecule has 0 heterocycles. The molecule has 0 spiro atoms. The summed E-state index contributed by atoms with van der Waals surface area (Å²) in [6, 6.07) is 13.7. The largest absolute Gasteiger partial charge is 0.491 e. The third-order valence-electron chi connectivity index (χ3n) is 4.18. The summed E-state index contributed by atoms with van der Waals surface area (Å²) in [7, 11) is 0. The third-order valence-corrected chi connectivity index (χ3v) is 4.18. The van der Waals surface area contributed by atoms with Crippen LogP contribution in [0.15, 0.2) is 42.5 Å². The van der Waals surface area contributed by atoms with Crippen molar-refractivity contribution in [3.05, 3.63) is 53.6 Å². The zero-order valence-electron chi connectivity index (χ0n) is 17.3. The lowest BCUT2D eigenvalue weighted by atomic mass is 10.1. The molecule has 0 saturated carbocycles. The van der Waals surface area contributed by atoms with E-state index in [2.05, 4.69) is 5.32 Å². The fourth-order valence-corrected chi connectivity index (χ4v) is 2.75. The van der Waals surface area contributed by atoms with Gasteiger partial charge in [-0.1, -0.05) is 23.8 Å². The van der Waals surface area contributed by atoms with E-state index in [0.717, 1.165) is 22.8 Å². The quantitative estimate of drug-likeness (QED) is 0.626. The first-order chi connectivity index (χ1) is 13.5. The van der Waals surface area contributed by atoms with Crippen molar-refractivity contribution >= 4 is 5.91 Å². The Hall–Kier alpha value is -2.69. The molecule has 0 saturated heterocycles. The van der Waals surface area contributed by atoms with E-state index >= 15 is 0 Å². The van der Waals surface area contributed by atoms with Crippen molar-refractivity contribution in [2.24, 2.45) is 0 Å². The first-order valence-electron chi connectivity index (χ1n) is 9.89. The smallest absolute Gasteiger partial charge is 0.220 e. The molecule has 0 aliphatic rings. The van der Waals surface area contributed by atoms with E-state index in [9.17, 15) is 4.79 Å². The Bertz CT molecular complexity index is 743. The fourth-order valence-electron chi connectivity index (χ4n) is 2.75. The second-order valence-corrected chi connectivity index (χ2v) is 6.74. The van der Waals surface area contributed by atoms with E-state index in [1.807, 2.05) is 70.2 Å². The van der Waals surface area contributed by atoms with Crippen molar-refractivity contribution in [1.82, 2.24) is 5.32 Å². The molecule has 1 amide bonds. The summed E-state index contributed by atoms with van der Waals surface area (Å²) in [4.78, 5) is 12.2. The molecule has 28 heavy (non-hydrogen) atoms. The molecule has 0 aromatic heterocycles. The molecule has 0 aliphatic heterocycles. The average Bonchev–Trinajstić information content (AvgIpc) is 2.68. The van der Waals surface area contributed by atoms with Gasteiger partial charge in [0.15, 0.2) is 11.5 Å². The summed E-state index contributed by atoms with van der Waals surface area (Å²) >= 11 is 0. The van der Waals surface area contributed by atoms with Crippen molar-refractivity contribution in [2.45, 2.75) is 46.6 Å². The molecule has 0 fully saturated rings. The van der Waals surface area contributed by atoms with Gasteiger partial charge in [-0.15, -0.1) is 0 Å². The standard InChI is InChI=1S/C23H31NO4/c1-5-26-21-13-9-19(15-22(21)27-6-2)10-14-23(25)24-18(4)16-28-20-11-7-17(3)8-12-20/h7-9,11-13,15,18H,5-6,10,14,16H2,1-4H3,(H,24,25). The highest BCUT2D eigenvalue weighted by Crippen LogP contribution is 2.29. The Kier molecular flexibility index (Phi) is 8.66. The Morgan fingerprint density at radius 3 is 2.32 bits per heavy atom. The predicted octanol–water partition coefficient (Wildman–Crippen LogP) is 4.31. The first kappa shape index (κ1) is 21.6. The molecule has 1 N–H and O–H groups in total. The van der Waals surface area contributed by atoms with Gasteiger partial charge >= 0.3 is 0 Å². The predicted molar refractivity (Wildman–Crippen MR) is 111 cm³/mol. The number of aryl methyl sites for hydroxylation is 2. The highest BCUT2D eigenvalue weighted by molar-refractivity contribution is 5.76. The molecule has 2 rings (SSSR count). The second-order valence-electron chi connectivity index (χ2n) is 6.74. The molecule has 152 valence electrons. The molecule has 5 nitrogen and oxygen atoms in total. The topological polar surface area (TPSA) is 56.8 Å². The molecule has 5 heteroatoms. The molecular weight excluding hydrogens is 354 g/mol. The SMILES string of the molecule is CCOc1ccc(CCC(=O)NC(C)COc2ccc(C)cc2)cc1OCC. The Balaban J connectivity index is 1.79. The van der Waals surface area contributed by atoms with E-state index in [1.165, 1.54) is 5.56 Å². The number of benzene rings is 2. The molecule has 2 aromatic carbocycles. The van der Waals surface area contributed by atoms with Crippen LogP contribution in [0.2, 0.25) is 0 Å². The summed E-state index contributed by atoms with van der Waals surface area (Å²) in [6.07, 6.45) is 1.05. The molecule has 0 radical (unpaired) electrons. The van der Waals surface area contributed by atoms with Gasteiger partial charge in [0.25, 0.3) is 0 Å². The molecule has 0 bridgehead atoms. The minimum atomic E-state index is -0.0619. The molecule has 0 aliphatic carbocycles. The lowest BCUT2D eigenvalue weighted by Crippen LogP contribution is -2.36. The lowest BCUT2D eigenvalue weighted by Gasteiger charge is -2.16. The van der Waals surface area contributed by atoms with Crippen molar-refractivity contribution in [1.29, 1.82) is 0 Å². The van der Waals surface area contributed by atoms with Crippen LogP contribution in [0.1, 0.15) is 38.3 Å². The highest BCUT2D eigenvalue weighted by atomic mass is 16.5. The van der Waals surface area contributed by atoms with E-state index in [4.69, 9.17) is 14.2 Å². The summed E-state index contributed by atoms with van der Waals surface area (Å²) in [5, 5.41) is 2.98. The number of amides is 1. The number of hydrogen-bond acceptors (Lipinski definition) is 4. The zero-order chi connectivity index (χ0) is 20.4. The van der Waals surface area contributed by atoms with Gasteiger partial charge in [0.1, 0.15) is 12.4 Å². The van der Waals surface area contributed by atoms with Gasteiger partial charge < -0.3 is 19.5 Å². The van der Waals surface area contributed by atoms with Crippen molar-refractivity contribution < 1.29 is 19.0 Å². The maximum Gasteiger partial charge on any atom is 0.220 e. The van der Waals surface area contributed by atoms with E-state index in [-0.39, 0.29) is 11.9 Å². The van der Waals surface area contributed by atoms with E-state index in [0.29, 0.717) is 32.7 Å². The Morgan fingerprint density at radius 1 is 0.964 bits per heavy atom. The van der Waals surface area contributed by atoms with Crippen LogP contribution >= 0.6 is 0 Å². The van der Waals surface area contributed by atoms with E-state index in [1.54, 1.807) is 0 Å². The molecule has 1 unspecified atom stereocenters. The minimum Gasteiger partial charge on any atom is -0.491 e. The zero-order valence-corrected chi connectivity index (χ0v) is 17.3. The second kappa shape index (κ2) is 11.2. The number of hydrogen-bond donors (Lipinski definition) is 1. The van der Waals surface area contributed by atoms with Crippen LogP contribution in [0.3, 0.4) is 0 Å². The lowest BCUT2D eigenvalue weighted by molar-refractivity contribution is -0.121. The van der Waals surface area contributed by atoms with Gasteiger partial charge in [0.2, 0.25) is 5.91 Å². The van der Waals surface area contributed by atoms with E-state index < -0.39 is 0 Å². The number of ether oxygens (including phenoxy) is 3. The highest BCUT2D eigenvalue weighted by Gasteiger charge is 2.11. The first-order valence-corrected chi connectivity index (χ1v) is 9.89. The maximum absolute atomic E-state index is 12.2. The summed E-state index contributed by atoms with van der Waals surface area (Å²) < 4.78 is 16.9. The number of carbonyl (C=O) groups is 1.